The van der Waals surface area contributed by atoms with Crippen LogP contribution in [0, 0.1) is 5.41 Å². The molecule has 0 saturated carbocycles. The number of hydrogen-bond donors (Lipinski definition) is 0. The SMILES string of the molecule is CSCCCC1(C)CN(C(=O)N(SC)c2ccc(Br)cc2)N=C1c1ccc(Cl)cc1. The van der Waals surface area contributed by atoms with E-state index in [4.69, 9.17) is 16.7 Å². The number of carbonyl (C=O) groups excluding carboxylic acids is 1. The Morgan fingerprint density at radius 3 is 2.47 bits per heavy atom. The molecule has 1 aliphatic heterocycles. The van der Waals surface area contributed by atoms with E-state index in [0.717, 1.165) is 40.0 Å². The molecule has 0 radical (unpaired) electrons. The number of thioether (sulfide) groups is 1. The van der Waals surface area contributed by atoms with Gasteiger partial charge in [0.1, 0.15) is 0 Å². The van der Waals surface area contributed by atoms with Crippen LogP contribution in [0.25, 0.3) is 0 Å². The van der Waals surface area contributed by atoms with Crippen molar-refractivity contribution in [1.82, 2.24) is 5.01 Å². The van der Waals surface area contributed by atoms with Gasteiger partial charge in [-0.25, -0.2) is 14.1 Å². The maximum Gasteiger partial charge on any atom is 0.355 e. The van der Waals surface area contributed by atoms with Crippen molar-refractivity contribution in [3.63, 3.8) is 0 Å². The average molecular weight is 527 g/mol. The number of rotatable bonds is 7. The molecule has 0 aliphatic carbocycles. The molecule has 2 aromatic rings. The molecule has 1 unspecified atom stereocenters. The van der Waals surface area contributed by atoms with Gasteiger partial charge in [0, 0.05) is 21.2 Å². The predicted octanol–water partition coefficient (Wildman–Crippen LogP) is 7.18. The van der Waals surface area contributed by atoms with Crippen LogP contribution in [0.5, 0.6) is 0 Å². The summed E-state index contributed by atoms with van der Waals surface area (Å²) in [4.78, 5) is 13.4. The van der Waals surface area contributed by atoms with Gasteiger partial charge in [-0.05, 0) is 78.8 Å². The lowest BCUT2D eigenvalue weighted by atomic mass is 9.78. The van der Waals surface area contributed by atoms with Gasteiger partial charge in [0.25, 0.3) is 0 Å². The Bertz CT molecular complexity index is 908. The monoisotopic (exact) mass is 525 g/mol. The van der Waals surface area contributed by atoms with E-state index in [-0.39, 0.29) is 11.4 Å². The summed E-state index contributed by atoms with van der Waals surface area (Å²) in [6.07, 6.45) is 6.06. The number of nitrogens with zero attached hydrogens (tertiary/aromatic N) is 3. The molecule has 8 heteroatoms. The number of hydrogen-bond acceptors (Lipinski definition) is 4. The van der Waals surface area contributed by atoms with Gasteiger partial charge in [0.05, 0.1) is 17.9 Å². The molecule has 1 atom stereocenters. The van der Waals surface area contributed by atoms with Crippen LogP contribution < -0.4 is 4.31 Å². The topological polar surface area (TPSA) is 35.9 Å². The lowest BCUT2D eigenvalue weighted by Gasteiger charge is -2.28. The zero-order chi connectivity index (χ0) is 21.7. The second-order valence-electron chi connectivity index (χ2n) is 7.41. The van der Waals surface area contributed by atoms with E-state index in [1.165, 1.54) is 11.9 Å². The van der Waals surface area contributed by atoms with Crippen molar-refractivity contribution in [2.75, 3.05) is 29.1 Å². The van der Waals surface area contributed by atoms with Crippen molar-refractivity contribution in [3.05, 3.63) is 63.6 Å². The zero-order valence-corrected chi connectivity index (χ0v) is 21.2. The molecule has 0 N–H and O–H groups in total. The standard InChI is InChI=1S/C22H25BrClN3OS2/c1-22(13-4-14-29-2)15-26(25-20(22)16-5-9-18(24)10-6-16)21(28)27(30-3)19-11-7-17(23)8-12-19/h5-12H,4,13-15H2,1-3H3. The van der Waals surface area contributed by atoms with Gasteiger partial charge in [-0.1, -0.05) is 46.6 Å². The summed E-state index contributed by atoms with van der Waals surface area (Å²) < 4.78 is 2.66. The van der Waals surface area contributed by atoms with Crippen LogP contribution >= 0.6 is 51.2 Å². The van der Waals surface area contributed by atoms with Crippen LogP contribution in [0.2, 0.25) is 5.02 Å². The highest BCUT2D eigenvalue weighted by molar-refractivity contribution is 9.10. The van der Waals surface area contributed by atoms with E-state index in [9.17, 15) is 4.79 Å². The van der Waals surface area contributed by atoms with Crippen LogP contribution in [0.4, 0.5) is 10.5 Å². The van der Waals surface area contributed by atoms with E-state index in [1.54, 1.807) is 9.31 Å². The van der Waals surface area contributed by atoms with E-state index < -0.39 is 0 Å². The van der Waals surface area contributed by atoms with Gasteiger partial charge in [-0.2, -0.15) is 16.9 Å². The summed E-state index contributed by atoms with van der Waals surface area (Å²) in [7, 11) is 0. The molecular weight excluding hydrogens is 502 g/mol. The predicted molar refractivity (Wildman–Crippen MR) is 136 cm³/mol. The molecule has 0 spiro atoms. The molecule has 160 valence electrons. The summed E-state index contributed by atoms with van der Waals surface area (Å²) in [5.74, 6) is 1.09. The third-order valence-electron chi connectivity index (χ3n) is 5.12. The van der Waals surface area contributed by atoms with Crippen LogP contribution in [-0.4, -0.2) is 41.6 Å². The number of hydrazone groups is 1. The summed E-state index contributed by atoms with van der Waals surface area (Å²) in [6.45, 7) is 2.77. The Morgan fingerprint density at radius 2 is 1.87 bits per heavy atom. The van der Waals surface area contributed by atoms with Gasteiger partial charge in [0.2, 0.25) is 0 Å². The highest BCUT2D eigenvalue weighted by Crippen LogP contribution is 2.37. The van der Waals surface area contributed by atoms with Crippen molar-refractivity contribution in [2.24, 2.45) is 10.5 Å². The van der Waals surface area contributed by atoms with Crippen LogP contribution in [0.3, 0.4) is 0 Å². The third kappa shape index (κ3) is 5.36. The molecule has 2 amide bonds. The van der Waals surface area contributed by atoms with E-state index in [1.807, 2.05) is 66.5 Å². The van der Waals surface area contributed by atoms with Crippen LogP contribution in [0.1, 0.15) is 25.3 Å². The molecule has 4 nitrogen and oxygen atoms in total. The Hall–Kier alpha value is -1.15. The minimum atomic E-state index is -0.205. The minimum Gasteiger partial charge on any atom is -0.245 e. The van der Waals surface area contributed by atoms with Crippen LogP contribution in [0.15, 0.2) is 58.1 Å². The normalized spacial score (nSPS) is 18.4. The Balaban J connectivity index is 1.91. The first-order chi connectivity index (χ1) is 14.4. The van der Waals surface area contributed by atoms with Crippen molar-refractivity contribution in [3.8, 4) is 0 Å². The summed E-state index contributed by atoms with van der Waals surface area (Å²) in [5, 5.41) is 7.12. The highest BCUT2D eigenvalue weighted by atomic mass is 79.9. The van der Waals surface area contributed by atoms with Gasteiger partial charge in [-0.15, -0.1) is 0 Å². The van der Waals surface area contributed by atoms with E-state index >= 15 is 0 Å². The van der Waals surface area contributed by atoms with Crippen molar-refractivity contribution < 1.29 is 4.79 Å². The van der Waals surface area contributed by atoms with Crippen LogP contribution in [-0.2, 0) is 0 Å². The minimum absolute atomic E-state index is 0.134. The lowest BCUT2D eigenvalue weighted by molar-refractivity contribution is 0.203. The molecule has 0 aromatic heterocycles. The van der Waals surface area contributed by atoms with Gasteiger partial charge < -0.3 is 0 Å². The fourth-order valence-corrected chi connectivity index (χ4v) is 4.99. The molecular formula is C22H25BrClN3OS2. The fourth-order valence-electron chi connectivity index (χ4n) is 3.59. The quantitative estimate of drug-likeness (QED) is 0.283. The number of benzene rings is 2. The van der Waals surface area contributed by atoms with Gasteiger partial charge in [-0.3, -0.25) is 0 Å². The van der Waals surface area contributed by atoms with Crippen molar-refractivity contribution in [1.29, 1.82) is 0 Å². The number of halogens is 2. The number of carbonyl (C=O) groups is 1. The summed E-state index contributed by atoms with van der Waals surface area (Å²) in [5.41, 5.74) is 2.59. The lowest BCUT2D eigenvalue weighted by Crippen LogP contribution is -2.39. The van der Waals surface area contributed by atoms with Gasteiger partial charge in [0.15, 0.2) is 0 Å². The second kappa shape index (κ2) is 10.4. The Kier molecular flexibility index (Phi) is 8.18. The third-order valence-corrected chi connectivity index (χ3v) is 7.33. The van der Waals surface area contributed by atoms with E-state index in [0.29, 0.717) is 11.6 Å². The zero-order valence-electron chi connectivity index (χ0n) is 17.3. The molecule has 0 fully saturated rings. The molecule has 30 heavy (non-hydrogen) atoms. The first-order valence-corrected chi connectivity index (χ1v) is 13.4. The Labute approximate surface area is 200 Å². The maximum atomic E-state index is 13.4. The summed E-state index contributed by atoms with van der Waals surface area (Å²) >= 11 is 12.8. The first kappa shape index (κ1) is 23.5. The molecule has 0 bridgehead atoms. The van der Waals surface area contributed by atoms with Crippen molar-refractivity contribution in [2.45, 2.75) is 19.8 Å². The number of amides is 2. The Morgan fingerprint density at radius 1 is 1.20 bits per heavy atom. The fraction of sp³-hybridized carbons (Fsp3) is 0.364. The van der Waals surface area contributed by atoms with E-state index in [2.05, 4.69) is 29.1 Å². The number of anilines is 1. The largest absolute Gasteiger partial charge is 0.355 e. The second-order valence-corrected chi connectivity index (χ2v) is 10.5. The first-order valence-electron chi connectivity index (χ1n) is 9.63. The smallest absolute Gasteiger partial charge is 0.245 e. The number of urea groups is 1. The maximum absolute atomic E-state index is 13.4. The molecule has 1 heterocycles. The molecule has 1 aliphatic rings. The molecule has 0 saturated heterocycles. The molecule has 3 rings (SSSR count). The average Bonchev–Trinajstić information content (AvgIpc) is 3.08. The highest BCUT2D eigenvalue weighted by Gasteiger charge is 2.42. The van der Waals surface area contributed by atoms with Crippen molar-refractivity contribution >= 4 is 68.7 Å². The molecule has 2 aromatic carbocycles. The van der Waals surface area contributed by atoms with Gasteiger partial charge >= 0.3 is 6.03 Å². The summed E-state index contributed by atoms with van der Waals surface area (Å²) in [6, 6.07) is 15.3.